The largest absolute Gasteiger partial charge is 0.508 e. The second kappa shape index (κ2) is 9.59. The van der Waals surface area contributed by atoms with E-state index in [9.17, 15) is 4.79 Å². The van der Waals surface area contributed by atoms with E-state index >= 15 is 0 Å². The molecule has 0 aromatic heterocycles. The van der Waals surface area contributed by atoms with Crippen LogP contribution < -0.4 is 0 Å². The molecule has 0 bridgehead atoms. The Kier molecular flexibility index (Phi) is 7.72. The van der Waals surface area contributed by atoms with E-state index in [2.05, 4.69) is 13.8 Å². The monoisotopic (exact) mass is 376 g/mol. The van der Waals surface area contributed by atoms with Gasteiger partial charge in [-0.2, -0.15) is 0 Å². The predicted molar refractivity (Wildman–Crippen MR) is 108 cm³/mol. The Morgan fingerprint density at radius 2 is 1.89 bits per heavy atom. The standard InChI is InChI=1S/C13H22O3.C10H14O/c1-4-13(2,3)12(14)15-8-9-5-6-10-11(7-9)16-10;1-3-8(2)9-4-6-10(11)7-5-9/h9-11H,4-8H2,1-3H3;4-8,11H,3H2,1-2H3. The van der Waals surface area contributed by atoms with Crippen LogP contribution in [0.25, 0.3) is 0 Å². The van der Waals surface area contributed by atoms with E-state index in [0.29, 0.717) is 36.4 Å². The molecule has 2 fully saturated rings. The molecule has 1 saturated heterocycles. The van der Waals surface area contributed by atoms with E-state index in [1.807, 2.05) is 32.9 Å². The normalized spacial score (nSPS) is 24.9. The van der Waals surface area contributed by atoms with Crippen molar-refractivity contribution in [3.05, 3.63) is 29.8 Å². The van der Waals surface area contributed by atoms with E-state index < -0.39 is 0 Å². The van der Waals surface area contributed by atoms with Crippen LogP contribution in [0.5, 0.6) is 5.75 Å². The molecule has 2 aliphatic rings. The average Bonchev–Trinajstić information content (AvgIpc) is 3.45. The highest BCUT2D eigenvalue weighted by atomic mass is 16.6. The lowest BCUT2D eigenvalue weighted by Gasteiger charge is -2.24. The molecule has 3 rings (SSSR count). The maximum atomic E-state index is 11.8. The van der Waals surface area contributed by atoms with Crippen molar-refractivity contribution >= 4 is 5.97 Å². The van der Waals surface area contributed by atoms with Crippen LogP contribution in [0.1, 0.15) is 78.2 Å². The van der Waals surface area contributed by atoms with E-state index in [1.54, 1.807) is 12.1 Å². The van der Waals surface area contributed by atoms with Gasteiger partial charge in [-0.1, -0.05) is 32.9 Å². The fraction of sp³-hybridized carbons (Fsp3) is 0.696. The van der Waals surface area contributed by atoms with Crippen LogP contribution in [0, 0.1) is 11.3 Å². The summed E-state index contributed by atoms with van der Waals surface area (Å²) in [4.78, 5) is 11.8. The Morgan fingerprint density at radius 3 is 2.44 bits per heavy atom. The average molecular weight is 377 g/mol. The summed E-state index contributed by atoms with van der Waals surface area (Å²) < 4.78 is 10.9. The number of hydrogen-bond acceptors (Lipinski definition) is 4. The van der Waals surface area contributed by atoms with Crippen LogP contribution in [0.15, 0.2) is 24.3 Å². The van der Waals surface area contributed by atoms with Crippen LogP contribution in [0.3, 0.4) is 0 Å². The minimum Gasteiger partial charge on any atom is -0.508 e. The van der Waals surface area contributed by atoms with Gasteiger partial charge in [0.2, 0.25) is 0 Å². The SMILES string of the molecule is CCC(C)(C)C(=O)OCC1CCC2OC2C1.CCC(C)c1ccc(O)cc1. The zero-order chi connectivity index (χ0) is 20.0. The van der Waals surface area contributed by atoms with Gasteiger partial charge in [0.1, 0.15) is 5.75 Å². The number of phenolic OH excluding ortho intramolecular Hbond substituents is 1. The van der Waals surface area contributed by atoms with E-state index in [-0.39, 0.29) is 11.4 Å². The summed E-state index contributed by atoms with van der Waals surface area (Å²) in [5, 5.41) is 9.01. The Morgan fingerprint density at radius 1 is 1.22 bits per heavy atom. The molecule has 1 saturated carbocycles. The summed E-state index contributed by atoms with van der Waals surface area (Å²) in [6.45, 7) is 10.8. The number of ether oxygens (including phenoxy) is 2. The molecule has 1 aromatic rings. The number of epoxide rings is 1. The number of fused-ring (bicyclic) bond motifs is 1. The van der Waals surface area contributed by atoms with Crippen molar-refractivity contribution in [3.8, 4) is 5.75 Å². The van der Waals surface area contributed by atoms with Gasteiger partial charge in [0.15, 0.2) is 0 Å². The molecule has 152 valence electrons. The lowest BCUT2D eigenvalue weighted by Crippen LogP contribution is -2.29. The van der Waals surface area contributed by atoms with Crippen molar-refractivity contribution in [3.63, 3.8) is 0 Å². The van der Waals surface area contributed by atoms with Gasteiger partial charge in [0, 0.05) is 0 Å². The van der Waals surface area contributed by atoms with Gasteiger partial charge in [0.25, 0.3) is 0 Å². The number of rotatable bonds is 6. The molecule has 4 atom stereocenters. The summed E-state index contributed by atoms with van der Waals surface area (Å²) in [5.74, 6) is 1.39. The third-order valence-electron chi connectivity index (χ3n) is 6.07. The summed E-state index contributed by atoms with van der Waals surface area (Å²) >= 11 is 0. The third kappa shape index (κ3) is 6.53. The highest BCUT2D eigenvalue weighted by Gasteiger charge is 2.44. The van der Waals surface area contributed by atoms with Crippen molar-refractivity contribution in [1.82, 2.24) is 0 Å². The zero-order valence-corrected chi connectivity index (χ0v) is 17.5. The van der Waals surface area contributed by atoms with E-state index in [1.165, 1.54) is 5.56 Å². The van der Waals surface area contributed by atoms with Gasteiger partial charge < -0.3 is 14.6 Å². The van der Waals surface area contributed by atoms with Crippen molar-refractivity contribution in [2.75, 3.05) is 6.61 Å². The summed E-state index contributed by atoms with van der Waals surface area (Å²) in [5.41, 5.74) is 0.957. The fourth-order valence-corrected chi connectivity index (χ4v) is 3.21. The Balaban J connectivity index is 0.000000208. The first-order valence-electron chi connectivity index (χ1n) is 10.4. The predicted octanol–water partition coefficient (Wildman–Crippen LogP) is 5.44. The van der Waals surface area contributed by atoms with Gasteiger partial charge >= 0.3 is 5.97 Å². The van der Waals surface area contributed by atoms with Crippen LogP contribution in [-0.4, -0.2) is 29.9 Å². The molecular weight excluding hydrogens is 340 g/mol. The number of hydrogen-bond donors (Lipinski definition) is 1. The highest BCUT2D eigenvalue weighted by molar-refractivity contribution is 5.75. The number of carbonyl (C=O) groups excluding carboxylic acids is 1. The maximum absolute atomic E-state index is 11.8. The summed E-state index contributed by atoms with van der Waals surface area (Å²) in [6, 6.07) is 7.43. The van der Waals surface area contributed by atoms with Crippen molar-refractivity contribution in [2.24, 2.45) is 11.3 Å². The van der Waals surface area contributed by atoms with Gasteiger partial charge in [-0.05, 0) is 75.5 Å². The molecule has 1 N–H and O–H groups in total. The first kappa shape index (κ1) is 21.7. The van der Waals surface area contributed by atoms with Crippen LogP contribution in [0.2, 0.25) is 0 Å². The molecule has 1 heterocycles. The van der Waals surface area contributed by atoms with Gasteiger partial charge in [-0.15, -0.1) is 0 Å². The Hall–Kier alpha value is -1.55. The quantitative estimate of drug-likeness (QED) is 0.530. The number of phenols is 1. The molecule has 1 aliphatic carbocycles. The van der Waals surface area contributed by atoms with Gasteiger partial charge in [0.05, 0.1) is 24.2 Å². The topological polar surface area (TPSA) is 59.1 Å². The van der Waals surface area contributed by atoms with E-state index in [0.717, 1.165) is 32.1 Å². The third-order valence-corrected chi connectivity index (χ3v) is 6.07. The number of carbonyl (C=O) groups is 1. The maximum Gasteiger partial charge on any atom is 0.311 e. The Labute approximate surface area is 164 Å². The summed E-state index contributed by atoms with van der Waals surface area (Å²) in [7, 11) is 0. The first-order valence-corrected chi connectivity index (χ1v) is 10.4. The van der Waals surface area contributed by atoms with Crippen molar-refractivity contribution in [2.45, 2.75) is 84.8 Å². The molecule has 27 heavy (non-hydrogen) atoms. The van der Waals surface area contributed by atoms with Gasteiger partial charge in [-0.25, -0.2) is 0 Å². The summed E-state index contributed by atoms with van der Waals surface area (Å²) in [6.07, 6.45) is 6.32. The fourth-order valence-electron chi connectivity index (χ4n) is 3.21. The molecule has 1 aliphatic heterocycles. The zero-order valence-electron chi connectivity index (χ0n) is 17.5. The van der Waals surface area contributed by atoms with Crippen LogP contribution in [-0.2, 0) is 14.3 Å². The molecule has 1 aromatic carbocycles. The van der Waals surface area contributed by atoms with Gasteiger partial charge in [-0.3, -0.25) is 4.79 Å². The smallest absolute Gasteiger partial charge is 0.311 e. The molecule has 0 radical (unpaired) electrons. The second-order valence-electron chi connectivity index (χ2n) is 8.63. The minimum absolute atomic E-state index is 0.0613. The highest BCUT2D eigenvalue weighted by Crippen LogP contribution is 2.39. The molecule has 4 heteroatoms. The Bertz CT molecular complexity index is 593. The number of aromatic hydroxyl groups is 1. The molecule has 4 nitrogen and oxygen atoms in total. The van der Waals surface area contributed by atoms with Crippen LogP contribution in [0.4, 0.5) is 0 Å². The molecule has 0 amide bonds. The minimum atomic E-state index is -0.340. The number of esters is 1. The van der Waals surface area contributed by atoms with E-state index in [4.69, 9.17) is 14.6 Å². The van der Waals surface area contributed by atoms with Crippen molar-refractivity contribution in [1.29, 1.82) is 0 Å². The first-order chi connectivity index (χ1) is 12.8. The molecule has 0 spiro atoms. The molecule has 4 unspecified atom stereocenters. The van der Waals surface area contributed by atoms with Crippen LogP contribution >= 0.6 is 0 Å². The second-order valence-corrected chi connectivity index (χ2v) is 8.63. The molecular formula is C23H36O4. The lowest BCUT2D eigenvalue weighted by molar-refractivity contribution is -0.155. The number of benzene rings is 1. The van der Waals surface area contributed by atoms with Crippen molar-refractivity contribution < 1.29 is 19.4 Å². The lowest BCUT2D eigenvalue weighted by atomic mass is 9.89.